The third kappa shape index (κ3) is 3.56. The van der Waals surface area contributed by atoms with E-state index in [0.29, 0.717) is 24.4 Å². The Hall–Kier alpha value is -3.52. The van der Waals surface area contributed by atoms with Gasteiger partial charge in [0.1, 0.15) is 16.7 Å². The van der Waals surface area contributed by atoms with Gasteiger partial charge in [0.2, 0.25) is 5.91 Å². The molecule has 1 aliphatic rings. The van der Waals surface area contributed by atoms with Crippen molar-refractivity contribution in [1.29, 1.82) is 0 Å². The number of carbonyl (C=O) groups excluding carboxylic acids is 2. The van der Waals surface area contributed by atoms with E-state index in [1.54, 1.807) is 17.0 Å². The Labute approximate surface area is 188 Å². The minimum atomic E-state index is -0.681. The lowest BCUT2D eigenvalue weighted by atomic mass is 9.93. The summed E-state index contributed by atoms with van der Waals surface area (Å²) in [4.78, 5) is 28.6. The number of hydrogen-bond acceptors (Lipinski definition) is 4. The molecule has 32 heavy (non-hydrogen) atoms. The van der Waals surface area contributed by atoms with Crippen LogP contribution in [0.25, 0.3) is 10.2 Å². The summed E-state index contributed by atoms with van der Waals surface area (Å²) in [5.74, 6) is -1.00. The molecule has 4 aromatic rings. The van der Waals surface area contributed by atoms with E-state index in [-0.39, 0.29) is 11.7 Å². The summed E-state index contributed by atoms with van der Waals surface area (Å²) < 4.78 is 15.1. The number of nitrogens with two attached hydrogens (primary N) is 1. The number of nitrogens with zero attached hydrogens (tertiary/aromatic N) is 3. The van der Waals surface area contributed by atoms with Gasteiger partial charge in [-0.3, -0.25) is 14.3 Å². The van der Waals surface area contributed by atoms with Crippen molar-refractivity contribution < 1.29 is 14.0 Å². The molecule has 8 heteroatoms. The number of benzene rings is 2. The number of thiophene rings is 1. The summed E-state index contributed by atoms with van der Waals surface area (Å²) in [7, 11) is 0. The van der Waals surface area contributed by atoms with Crippen molar-refractivity contribution in [3.05, 3.63) is 87.7 Å². The first-order chi connectivity index (χ1) is 15.4. The number of aryl methyl sites for hydroxylation is 1. The van der Waals surface area contributed by atoms with E-state index < -0.39 is 11.9 Å². The van der Waals surface area contributed by atoms with E-state index >= 15 is 0 Å². The Kier molecular flexibility index (Phi) is 5.01. The quantitative estimate of drug-likeness (QED) is 0.518. The molecule has 2 amide bonds. The summed E-state index contributed by atoms with van der Waals surface area (Å²) >= 11 is 1.35. The van der Waals surface area contributed by atoms with E-state index in [4.69, 9.17) is 5.73 Å². The van der Waals surface area contributed by atoms with Gasteiger partial charge in [-0.05, 0) is 41.8 Å². The van der Waals surface area contributed by atoms with Gasteiger partial charge < -0.3 is 10.6 Å². The van der Waals surface area contributed by atoms with Crippen LogP contribution >= 0.6 is 11.3 Å². The number of carbonyl (C=O) groups is 2. The fourth-order valence-corrected chi connectivity index (χ4v) is 5.34. The zero-order valence-electron chi connectivity index (χ0n) is 17.4. The normalized spacial score (nSPS) is 15.7. The molecule has 0 aliphatic carbocycles. The molecule has 162 valence electrons. The van der Waals surface area contributed by atoms with E-state index in [0.717, 1.165) is 32.6 Å². The Morgan fingerprint density at radius 1 is 1.16 bits per heavy atom. The Balaban J connectivity index is 1.48. The second kappa shape index (κ2) is 7.87. The zero-order chi connectivity index (χ0) is 22.4. The Morgan fingerprint density at radius 3 is 2.59 bits per heavy atom. The molecule has 2 N–H and O–H groups in total. The molecule has 0 saturated heterocycles. The molecule has 0 radical (unpaired) electrons. The summed E-state index contributed by atoms with van der Waals surface area (Å²) in [5, 5.41) is 5.48. The lowest BCUT2D eigenvalue weighted by Gasteiger charge is -2.34. The molecule has 6 nitrogen and oxygen atoms in total. The first-order valence-electron chi connectivity index (χ1n) is 10.3. The first kappa shape index (κ1) is 20.4. The van der Waals surface area contributed by atoms with Gasteiger partial charge in [0, 0.05) is 18.4 Å². The minimum absolute atomic E-state index is 0.211. The van der Waals surface area contributed by atoms with Crippen molar-refractivity contribution in [2.24, 2.45) is 5.73 Å². The van der Waals surface area contributed by atoms with Gasteiger partial charge in [-0.15, -0.1) is 11.3 Å². The number of halogens is 1. The van der Waals surface area contributed by atoms with E-state index in [1.165, 1.54) is 23.5 Å². The lowest BCUT2D eigenvalue weighted by molar-refractivity contribution is -0.122. The second-order valence-corrected chi connectivity index (χ2v) is 9.05. The highest BCUT2D eigenvalue weighted by Gasteiger charge is 2.34. The first-order valence-corrected chi connectivity index (χ1v) is 11.1. The molecule has 0 fully saturated rings. The van der Waals surface area contributed by atoms with Crippen LogP contribution < -0.4 is 5.73 Å². The van der Waals surface area contributed by atoms with Gasteiger partial charge in [-0.1, -0.05) is 36.4 Å². The fourth-order valence-electron chi connectivity index (χ4n) is 4.22. The third-order valence-corrected chi connectivity index (χ3v) is 7.04. The van der Waals surface area contributed by atoms with Gasteiger partial charge in [0.05, 0.1) is 17.1 Å². The van der Waals surface area contributed by atoms with Crippen LogP contribution in [0.3, 0.4) is 0 Å². The molecule has 3 heterocycles. The van der Waals surface area contributed by atoms with Gasteiger partial charge in [0.25, 0.3) is 5.91 Å². The van der Waals surface area contributed by atoms with E-state index in [2.05, 4.69) is 5.10 Å². The summed E-state index contributed by atoms with van der Waals surface area (Å²) in [6, 6.07) is 15.2. The van der Waals surface area contributed by atoms with Gasteiger partial charge in [-0.25, -0.2) is 4.39 Å². The van der Waals surface area contributed by atoms with Crippen LogP contribution in [-0.2, 0) is 24.3 Å². The highest BCUT2D eigenvalue weighted by molar-refractivity contribution is 7.20. The largest absolute Gasteiger partial charge is 0.368 e. The molecule has 1 atom stereocenters. The number of rotatable bonds is 4. The van der Waals surface area contributed by atoms with Crippen LogP contribution in [-0.4, -0.2) is 32.5 Å². The van der Waals surface area contributed by atoms with Crippen LogP contribution in [0.5, 0.6) is 0 Å². The standard InChI is InChI=1S/C24H21FN4O2S/c1-14-19-11-21(32-24(19)29(27-14)12-15-6-8-18(25)9-7-15)23(31)28-13-17-5-3-2-4-16(17)10-20(28)22(26)30/h2-9,11,20H,10,12-13H2,1H3,(H2,26,30)/t20-/m1/s1. The smallest absolute Gasteiger partial charge is 0.265 e. The predicted octanol–water partition coefficient (Wildman–Crippen LogP) is 3.65. The van der Waals surface area contributed by atoms with E-state index in [9.17, 15) is 14.0 Å². The average Bonchev–Trinajstić information content (AvgIpc) is 3.35. The lowest BCUT2D eigenvalue weighted by Crippen LogP contribution is -2.51. The molecule has 2 aromatic heterocycles. The molecule has 1 aliphatic heterocycles. The minimum Gasteiger partial charge on any atom is -0.368 e. The highest BCUT2D eigenvalue weighted by Crippen LogP contribution is 2.32. The number of hydrogen-bond donors (Lipinski definition) is 1. The Morgan fingerprint density at radius 2 is 1.88 bits per heavy atom. The molecule has 5 rings (SSSR count). The molecular formula is C24H21FN4O2S. The third-order valence-electron chi connectivity index (χ3n) is 5.90. The van der Waals surface area contributed by atoms with Crippen LogP contribution in [0.2, 0.25) is 0 Å². The number of primary amides is 1. The maximum absolute atomic E-state index is 13.5. The predicted molar refractivity (Wildman–Crippen MR) is 121 cm³/mol. The number of amides is 2. The van der Waals surface area contributed by atoms with Crippen LogP contribution in [0.4, 0.5) is 4.39 Å². The maximum Gasteiger partial charge on any atom is 0.265 e. The zero-order valence-corrected chi connectivity index (χ0v) is 18.2. The Bertz CT molecular complexity index is 1340. The van der Waals surface area contributed by atoms with Crippen molar-refractivity contribution >= 4 is 33.4 Å². The van der Waals surface area contributed by atoms with Gasteiger partial charge >= 0.3 is 0 Å². The number of aromatic nitrogens is 2. The maximum atomic E-state index is 13.5. The topological polar surface area (TPSA) is 81.2 Å². The SMILES string of the molecule is Cc1nn(Cc2ccc(F)cc2)c2sc(C(=O)N3Cc4ccccc4C[C@@H]3C(N)=O)cc12. The van der Waals surface area contributed by atoms with Gasteiger partial charge in [0.15, 0.2) is 0 Å². The molecule has 0 unspecified atom stereocenters. The fraction of sp³-hybridized carbons (Fsp3) is 0.208. The summed E-state index contributed by atoms with van der Waals surface area (Å²) in [6.07, 6.45) is 0.416. The molecule has 0 bridgehead atoms. The molecular weight excluding hydrogens is 427 g/mol. The van der Waals surface area contributed by atoms with Crippen molar-refractivity contribution in [1.82, 2.24) is 14.7 Å². The van der Waals surface area contributed by atoms with E-state index in [1.807, 2.05) is 41.9 Å². The van der Waals surface area contributed by atoms with Gasteiger partial charge in [-0.2, -0.15) is 5.10 Å². The van der Waals surface area contributed by atoms with Crippen molar-refractivity contribution in [2.45, 2.75) is 32.5 Å². The van der Waals surface area contributed by atoms with Crippen LogP contribution in [0.1, 0.15) is 32.1 Å². The summed E-state index contributed by atoms with van der Waals surface area (Å²) in [5.41, 5.74) is 9.46. The van der Waals surface area contributed by atoms with Crippen LogP contribution in [0.15, 0.2) is 54.6 Å². The number of fused-ring (bicyclic) bond motifs is 2. The van der Waals surface area contributed by atoms with Crippen molar-refractivity contribution in [2.75, 3.05) is 0 Å². The van der Waals surface area contributed by atoms with Crippen molar-refractivity contribution in [3.8, 4) is 0 Å². The molecule has 2 aromatic carbocycles. The molecule has 0 spiro atoms. The highest BCUT2D eigenvalue weighted by atomic mass is 32.1. The average molecular weight is 449 g/mol. The van der Waals surface area contributed by atoms with Crippen LogP contribution in [0, 0.1) is 12.7 Å². The molecule has 0 saturated carbocycles. The monoisotopic (exact) mass is 448 g/mol. The van der Waals surface area contributed by atoms with Crippen molar-refractivity contribution in [3.63, 3.8) is 0 Å². The summed E-state index contributed by atoms with van der Waals surface area (Å²) in [6.45, 7) is 2.71. The second-order valence-electron chi connectivity index (χ2n) is 8.02.